The average molecular weight is 282 g/mol. The molecule has 0 N–H and O–H groups in total. The normalized spacial score (nSPS) is 11.2. The van der Waals surface area contributed by atoms with Crippen molar-refractivity contribution in [2.75, 3.05) is 0 Å². The molecule has 0 saturated carbocycles. The van der Waals surface area contributed by atoms with Gasteiger partial charge in [0, 0.05) is 10.7 Å². The van der Waals surface area contributed by atoms with Gasteiger partial charge in [0.15, 0.2) is 5.03 Å². The number of aryl methyl sites for hydroxylation is 1. The van der Waals surface area contributed by atoms with Crippen LogP contribution in [0.3, 0.4) is 0 Å². The summed E-state index contributed by atoms with van der Waals surface area (Å²) in [7, 11) is 1.29. The van der Waals surface area contributed by atoms with Crippen LogP contribution in [0.2, 0.25) is 0 Å². The highest BCUT2D eigenvalue weighted by molar-refractivity contribution is 8.13. The van der Waals surface area contributed by atoms with Gasteiger partial charge in [-0.25, -0.2) is 13.1 Å². The van der Waals surface area contributed by atoms with Crippen molar-refractivity contribution < 1.29 is 8.42 Å². The number of halogens is 1. The lowest BCUT2D eigenvalue weighted by Crippen LogP contribution is -2.05. The summed E-state index contributed by atoms with van der Waals surface area (Å²) in [5.41, 5.74) is 1.48. The second kappa shape index (κ2) is 4.44. The smallest absolute Gasteiger partial charge is 0.220 e. The van der Waals surface area contributed by atoms with Crippen LogP contribution in [0.25, 0.3) is 5.69 Å². The van der Waals surface area contributed by atoms with E-state index in [-0.39, 0.29) is 10.6 Å². The molecule has 0 unspecified atom stereocenters. The van der Waals surface area contributed by atoms with Crippen LogP contribution >= 0.6 is 10.7 Å². The fourth-order valence-corrected chi connectivity index (χ4v) is 2.68. The van der Waals surface area contributed by atoms with Gasteiger partial charge in [0.05, 0.1) is 11.9 Å². The van der Waals surface area contributed by atoms with E-state index in [1.165, 1.54) is 6.20 Å². The van der Waals surface area contributed by atoms with E-state index in [0.717, 1.165) is 10.2 Å². The van der Waals surface area contributed by atoms with Crippen molar-refractivity contribution >= 4 is 19.7 Å². The van der Waals surface area contributed by atoms with Crippen LogP contribution in [0.1, 0.15) is 11.1 Å². The highest BCUT2D eigenvalue weighted by Crippen LogP contribution is 2.22. The molecule has 1 aromatic heterocycles. The van der Waals surface area contributed by atoms with Gasteiger partial charge >= 0.3 is 0 Å². The van der Waals surface area contributed by atoms with E-state index in [2.05, 4.69) is 5.10 Å². The molecule has 0 saturated heterocycles. The standard InChI is InChI=1S/C11H8ClN3O2S/c1-8-2-4-10(5-3-8)15-11(18(12,16)17)9(6-13)7-14-15/h2-5,7H,1H3. The Morgan fingerprint density at radius 1 is 1.33 bits per heavy atom. The van der Waals surface area contributed by atoms with Gasteiger partial charge in [-0.3, -0.25) is 0 Å². The molecule has 0 aliphatic heterocycles. The predicted molar refractivity (Wildman–Crippen MR) is 66.1 cm³/mol. The first kappa shape index (κ1) is 12.6. The Labute approximate surface area is 109 Å². The molecule has 0 atom stereocenters. The SMILES string of the molecule is Cc1ccc(-n2ncc(C#N)c2S(=O)(=O)Cl)cc1. The zero-order valence-corrected chi connectivity index (χ0v) is 10.9. The highest BCUT2D eigenvalue weighted by atomic mass is 35.7. The number of nitrogens with zero attached hydrogens (tertiary/aromatic N) is 3. The van der Waals surface area contributed by atoms with Crippen LogP contribution in [0.15, 0.2) is 35.5 Å². The van der Waals surface area contributed by atoms with E-state index in [1.54, 1.807) is 18.2 Å². The molecule has 0 bridgehead atoms. The van der Waals surface area contributed by atoms with Gasteiger partial charge < -0.3 is 0 Å². The summed E-state index contributed by atoms with van der Waals surface area (Å²) in [6, 6.07) is 8.79. The lowest BCUT2D eigenvalue weighted by molar-refractivity contribution is 0.599. The van der Waals surface area contributed by atoms with Crippen molar-refractivity contribution in [3.05, 3.63) is 41.6 Å². The molecular formula is C11H8ClN3O2S. The Bertz CT molecular complexity index is 727. The van der Waals surface area contributed by atoms with Crippen molar-refractivity contribution in [2.45, 2.75) is 11.9 Å². The third kappa shape index (κ3) is 2.23. The molecule has 0 aliphatic rings. The molecule has 92 valence electrons. The molecule has 0 amide bonds. The molecule has 18 heavy (non-hydrogen) atoms. The first-order valence-corrected chi connectivity index (χ1v) is 7.24. The Balaban J connectivity index is 2.70. The number of benzene rings is 1. The topological polar surface area (TPSA) is 75.8 Å². The van der Waals surface area contributed by atoms with Crippen molar-refractivity contribution in [3.63, 3.8) is 0 Å². The lowest BCUT2D eigenvalue weighted by Gasteiger charge is -2.05. The largest absolute Gasteiger partial charge is 0.280 e. The zero-order chi connectivity index (χ0) is 13.3. The first-order valence-electron chi connectivity index (χ1n) is 4.93. The minimum absolute atomic E-state index is 0.0782. The summed E-state index contributed by atoms with van der Waals surface area (Å²) >= 11 is 0. The maximum absolute atomic E-state index is 11.5. The zero-order valence-electron chi connectivity index (χ0n) is 9.33. The Hall–Kier alpha value is -1.84. The lowest BCUT2D eigenvalue weighted by atomic mass is 10.2. The predicted octanol–water partition coefficient (Wildman–Crippen LogP) is 1.98. The second-order valence-corrected chi connectivity index (χ2v) is 6.14. The van der Waals surface area contributed by atoms with Crippen molar-refractivity contribution in [2.24, 2.45) is 0 Å². The van der Waals surface area contributed by atoms with Crippen LogP contribution in [-0.4, -0.2) is 18.2 Å². The summed E-state index contributed by atoms with van der Waals surface area (Å²) < 4.78 is 24.1. The minimum atomic E-state index is -4.04. The minimum Gasteiger partial charge on any atom is -0.220 e. The van der Waals surface area contributed by atoms with E-state index in [9.17, 15) is 8.42 Å². The highest BCUT2D eigenvalue weighted by Gasteiger charge is 2.23. The van der Waals surface area contributed by atoms with Crippen LogP contribution in [0.4, 0.5) is 0 Å². The van der Waals surface area contributed by atoms with Crippen molar-refractivity contribution in [3.8, 4) is 11.8 Å². The third-order valence-corrected chi connectivity index (χ3v) is 3.65. The van der Waals surface area contributed by atoms with Crippen molar-refractivity contribution in [1.29, 1.82) is 5.26 Å². The van der Waals surface area contributed by atoms with Gasteiger partial charge in [-0.1, -0.05) is 17.7 Å². The number of hydrogen-bond acceptors (Lipinski definition) is 4. The van der Waals surface area contributed by atoms with Gasteiger partial charge in [0.2, 0.25) is 0 Å². The number of aromatic nitrogens is 2. The molecule has 7 heteroatoms. The summed E-state index contributed by atoms with van der Waals surface area (Å²) in [6.45, 7) is 1.91. The molecule has 1 aromatic carbocycles. The molecule has 0 radical (unpaired) electrons. The fourth-order valence-electron chi connectivity index (χ4n) is 1.52. The van der Waals surface area contributed by atoms with E-state index >= 15 is 0 Å². The average Bonchev–Trinajstić information content (AvgIpc) is 2.73. The van der Waals surface area contributed by atoms with Gasteiger partial charge in [-0.2, -0.15) is 10.4 Å². The van der Waals surface area contributed by atoms with E-state index in [0.29, 0.717) is 5.69 Å². The maximum atomic E-state index is 11.5. The van der Waals surface area contributed by atoms with Crippen LogP contribution in [-0.2, 0) is 9.05 Å². The van der Waals surface area contributed by atoms with Gasteiger partial charge in [-0.05, 0) is 19.1 Å². The molecule has 1 heterocycles. The van der Waals surface area contributed by atoms with Crippen LogP contribution in [0.5, 0.6) is 0 Å². The monoisotopic (exact) mass is 281 g/mol. The molecule has 5 nitrogen and oxygen atoms in total. The van der Waals surface area contributed by atoms with Gasteiger partial charge in [-0.15, -0.1) is 0 Å². The van der Waals surface area contributed by atoms with Crippen molar-refractivity contribution in [1.82, 2.24) is 9.78 Å². The second-order valence-electron chi connectivity index (χ2n) is 3.66. The molecular weight excluding hydrogens is 274 g/mol. The first-order chi connectivity index (χ1) is 8.43. The Kier molecular flexibility index (Phi) is 3.11. The number of nitriles is 1. The molecule has 0 aliphatic carbocycles. The molecule has 2 aromatic rings. The summed E-state index contributed by atoms with van der Waals surface area (Å²) in [5.74, 6) is 0. The van der Waals surface area contributed by atoms with Crippen LogP contribution < -0.4 is 0 Å². The van der Waals surface area contributed by atoms with E-state index in [1.807, 2.05) is 19.1 Å². The van der Waals surface area contributed by atoms with E-state index < -0.39 is 9.05 Å². The summed E-state index contributed by atoms with van der Waals surface area (Å²) in [6.07, 6.45) is 1.18. The van der Waals surface area contributed by atoms with Crippen LogP contribution in [0, 0.1) is 18.3 Å². The number of rotatable bonds is 2. The van der Waals surface area contributed by atoms with E-state index in [4.69, 9.17) is 15.9 Å². The van der Waals surface area contributed by atoms with Gasteiger partial charge in [0.25, 0.3) is 9.05 Å². The molecule has 0 fully saturated rings. The summed E-state index contributed by atoms with van der Waals surface area (Å²) in [5, 5.41) is 12.4. The summed E-state index contributed by atoms with van der Waals surface area (Å²) in [4.78, 5) is 0. The molecule has 0 spiro atoms. The number of hydrogen-bond donors (Lipinski definition) is 0. The van der Waals surface area contributed by atoms with Gasteiger partial charge in [0.1, 0.15) is 11.6 Å². The fraction of sp³-hybridized carbons (Fsp3) is 0.0909. The quantitative estimate of drug-likeness (QED) is 0.789. The molecule has 2 rings (SSSR count). The third-order valence-electron chi connectivity index (χ3n) is 2.36. The Morgan fingerprint density at radius 3 is 2.44 bits per heavy atom. The maximum Gasteiger partial charge on any atom is 0.280 e. The Morgan fingerprint density at radius 2 is 1.94 bits per heavy atom.